The van der Waals surface area contributed by atoms with E-state index in [1.54, 1.807) is 0 Å². The third-order valence-corrected chi connectivity index (χ3v) is 3.04. The summed E-state index contributed by atoms with van der Waals surface area (Å²) in [4.78, 5) is 11.5. The van der Waals surface area contributed by atoms with E-state index in [9.17, 15) is 4.79 Å². The molecule has 0 N–H and O–H groups in total. The number of rotatable bonds is 6. The average molecular weight is 198 g/mol. The van der Waals surface area contributed by atoms with Gasteiger partial charge in [0.2, 0.25) is 0 Å². The predicted molar refractivity (Wildman–Crippen MR) is 57.3 cm³/mol. The van der Waals surface area contributed by atoms with Crippen LogP contribution in [-0.4, -0.2) is 18.5 Å². The molecule has 0 saturated carbocycles. The molecule has 1 aliphatic heterocycles. The molecule has 2 nitrogen and oxygen atoms in total. The minimum atomic E-state index is 0.371. The predicted octanol–water partition coefficient (Wildman–Crippen LogP) is 2.95. The maximum Gasteiger partial charge on any atom is 0.133 e. The average Bonchev–Trinajstić information content (AvgIpc) is 2.67. The normalized spacial score (nSPS) is 23.7. The van der Waals surface area contributed by atoms with Gasteiger partial charge in [-0.3, -0.25) is 4.79 Å². The van der Waals surface area contributed by atoms with Gasteiger partial charge in [-0.15, -0.1) is 0 Å². The number of hydrogen-bond acceptors (Lipinski definition) is 2. The van der Waals surface area contributed by atoms with Crippen LogP contribution in [0.3, 0.4) is 0 Å². The second-order valence-corrected chi connectivity index (χ2v) is 4.43. The zero-order valence-electron chi connectivity index (χ0n) is 9.42. The Labute approximate surface area is 87.0 Å². The lowest BCUT2D eigenvalue weighted by Gasteiger charge is -2.10. The van der Waals surface area contributed by atoms with Gasteiger partial charge in [-0.25, -0.2) is 0 Å². The molecule has 2 atom stereocenters. The highest BCUT2D eigenvalue weighted by molar-refractivity contribution is 5.78. The maximum atomic E-state index is 11.5. The van der Waals surface area contributed by atoms with Gasteiger partial charge in [0.1, 0.15) is 5.78 Å². The molecule has 0 aliphatic carbocycles. The summed E-state index contributed by atoms with van der Waals surface area (Å²) in [5, 5.41) is 0. The molecule has 14 heavy (non-hydrogen) atoms. The lowest BCUT2D eigenvalue weighted by Crippen LogP contribution is -2.10. The van der Waals surface area contributed by atoms with Crippen LogP contribution in [0.15, 0.2) is 0 Å². The summed E-state index contributed by atoms with van der Waals surface area (Å²) in [6.07, 6.45) is 6.20. The first-order valence-corrected chi connectivity index (χ1v) is 5.85. The lowest BCUT2D eigenvalue weighted by atomic mass is 9.98. The fourth-order valence-electron chi connectivity index (χ4n) is 1.83. The Hall–Kier alpha value is -0.370. The molecule has 1 aliphatic rings. The van der Waals surface area contributed by atoms with Crippen molar-refractivity contribution in [2.75, 3.05) is 6.61 Å². The Bertz CT molecular complexity index is 171. The Morgan fingerprint density at radius 2 is 2.36 bits per heavy atom. The largest absolute Gasteiger partial charge is 0.378 e. The zero-order chi connectivity index (χ0) is 10.4. The molecule has 2 heteroatoms. The van der Waals surface area contributed by atoms with Crippen molar-refractivity contribution in [1.29, 1.82) is 0 Å². The standard InChI is InChI=1S/C12H22O2/c1-3-10(2)9-11(13)6-7-12-5-4-8-14-12/h10,12H,3-9H2,1-2H3. The molecule has 1 rings (SSSR count). The van der Waals surface area contributed by atoms with Crippen LogP contribution in [-0.2, 0) is 9.53 Å². The van der Waals surface area contributed by atoms with Crippen molar-refractivity contribution in [3.05, 3.63) is 0 Å². The third kappa shape index (κ3) is 4.23. The van der Waals surface area contributed by atoms with E-state index in [1.165, 1.54) is 6.42 Å². The Balaban J connectivity index is 2.08. The number of hydrogen-bond donors (Lipinski definition) is 0. The number of carbonyl (C=O) groups is 1. The summed E-state index contributed by atoms with van der Waals surface area (Å²) < 4.78 is 5.48. The molecular formula is C12H22O2. The summed E-state index contributed by atoms with van der Waals surface area (Å²) in [6, 6.07) is 0. The van der Waals surface area contributed by atoms with Crippen molar-refractivity contribution in [2.45, 2.75) is 58.5 Å². The van der Waals surface area contributed by atoms with Crippen molar-refractivity contribution >= 4 is 5.78 Å². The molecule has 0 spiro atoms. The number of carbonyl (C=O) groups excluding carboxylic acids is 1. The van der Waals surface area contributed by atoms with E-state index in [-0.39, 0.29) is 0 Å². The molecule has 1 saturated heterocycles. The Kier molecular flexibility index (Phi) is 5.16. The van der Waals surface area contributed by atoms with Gasteiger partial charge in [0.05, 0.1) is 6.10 Å². The van der Waals surface area contributed by atoms with E-state index in [2.05, 4.69) is 13.8 Å². The highest BCUT2D eigenvalue weighted by Crippen LogP contribution is 2.18. The van der Waals surface area contributed by atoms with Crippen LogP contribution in [0.1, 0.15) is 52.4 Å². The quantitative estimate of drug-likeness (QED) is 0.656. The highest BCUT2D eigenvalue weighted by Gasteiger charge is 2.17. The first-order valence-electron chi connectivity index (χ1n) is 5.85. The van der Waals surface area contributed by atoms with Crippen LogP contribution < -0.4 is 0 Å². The summed E-state index contributed by atoms with van der Waals surface area (Å²) >= 11 is 0. The molecule has 82 valence electrons. The van der Waals surface area contributed by atoms with Gasteiger partial charge in [0.25, 0.3) is 0 Å². The van der Waals surface area contributed by atoms with Crippen molar-refractivity contribution < 1.29 is 9.53 Å². The molecule has 1 fully saturated rings. The third-order valence-electron chi connectivity index (χ3n) is 3.04. The lowest BCUT2D eigenvalue weighted by molar-refractivity contribution is -0.120. The summed E-state index contributed by atoms with van der Waals surface area (Å²) in [6.45, 7) is 5.17. The number of ether oxygens (including phenoxy) is 1. The topological polar surface area (TPSA) is 26.3 Å². The van der Waals surface area contributed by atoms with E-state index >= 15 is 0 Å². The molecule has 0 aromatic carbocycles. The minimum absolute atomic E-state index is 0.371. The van der Waals surface area contributed by atoms with Crippen LogP contribution in [0.25, 0.3) is 0 Å². The van der Waals surface area contributed by atoms with Gasteiger partial charge in [-0.05, 0) is 25.2 Å². The van der Waals surface area contributed by atoms with Gasteiger partial charge < -0.3 is 4.74 Å². The minimum Gasteiger partial charge on any atom is -0.378 e. The van der Waals surface area contributed by atoms with Crippen molar-refractivity contribution in [1.82, 2.24) is 0 Å². The molecule has 0 bridgehead atoms. The first-order chi connectivity index (χ1) is 6.72. The van der Waals surface area contributed by atoms with E-state index in [0.29, 0.717) is 17.8 Å². The fourth-order valence-corrected chi connectivity index (χ4v) is 1.83. The fraction of sp³-hybridized carbons (Fsp3) is 0.917. The molecule has 0 aromatic heterocycles. The Morgan fingerprint density at radius 1 is 1.57 bits per heavy atom. The van der Waals surface area contributed by atoms with Gasteiger partial charge >= 0.3 is 0 Å². The van der Waals surface area contributed by atoms with E-state index in [4.69, 9.17) is 4.74 Å². The highest BCUT2D eigenvalue weighted by atomic mass is 16.5. The van der Waals surface area contributed by atoms with Crippen LogP contribution in [0.5, 0.6) is 0 Å². The van der Waals surface area contributed by atoms with Gasteiger partial charge in [0.15, 0.2) is 0 Å². The summed E-state index contributed by atoms with van der Waals surface area (Å²) in [5.41, 5.74) is 0. The first kappa shape index (κ1) is 11.7. The van der Waals surface area contributed by atoms with Crippen LogP contribution in [0, 0.1) is 5.92 Å². The second-order valence-electron chi connectivity index (χ2n) is 4.43. The maximum absolute atomic E-state index is 11.5. The van der Waals surface area contributed by atoms with Crippen LogP contribution in [0.4, 0.5) is 0 Å². The summed E-state index contributed by atoms with van der Waals surface area (Å²) in [7, 11) is 0. The van der Waals surface area contributed by atoms with E-state index in [1.807, 2.05) is 0 Å². The Morgan fingerprint density at radius 3 is 2.93 bits per heavy atom. The molecule has 0 aromatic rings. The van der Waals surface area contributed by atoms with E-state index < -0.39 is 0 Å². The summed E-state index contributed by atoms with van der Waals surface area (Å²) in [5.74, 6) is 0.960. The van der Waals surface area contributed by atoms with Gasteiger partial charge in [-0.2, -0.15) is 0 Å². The van der Waals surface area contributed by atoms with Crippen molar-refractivity contribution in [2.24, 2.45) is 5.92 Å². The molecular weight excluding hydrogens is 176 g/mol. The number of Topliss-reactive ketones (excluding diaryl/α,β-unsaturated/α-hetero) is 1. The molecule has 1 heterocycles. The number of ketones is 1. The monoisotopic (exact) mass is 198 g/mol. The van der Waals surface area contributed by atoms with E-state index in [0.717, 1.165) is 38.7 Å². The zero-order valence-corrected chi connectivity index (χ0v) is 9.42. The smallest absolute Gasteiger partial charge is 0.133 e. The molecule has 0 radical (unpaired) electrons. The van der Waals surface area contributed by atoms with Crippen LogP contribution in [0.2, 0.25) is 0 Å². The molecule has 0 amide bonds. The van der Waals surface area contributed by atoms with Gasteiger partial charge in [-0.1, -0.05) is 20.3 Å². The van der Waals surface area contributed by atoms with Gasteiger partial charge in [0, 0.05) is 19.4 Å². The van der Waals surface area contributed by atoms with Crippen LogP contribution >= 0.6 is 0 Å². The van der Waals surface area contributed by atoms with Crippen molar-refractivity contribution in [3.63, 3.8) is 0 Å². The molecule has 2 unspecified atom stereocenters. The SMILES string of the molecule is CCC(C)CC(=O)CCC1CCCO1. The second kappa shape index (κ2) is 6.18. The van der Waals surface area contributed by atoms with Crippen molar-refractivity contribution in [3.8, 4) is 0 Å².